The van der Waals surface area contributed by atoms with Crippen molar-refractivity contribution in [1.29, 1.82) is 0 Å². The standard InChI is InChI=1S/C23H29N5O2S/c1-14(2)22(29)27-9-6-16-18(12-27)24-21-11-17(25-28(21)23(16)30)19-5-4-8-26(19)13-20-15(3)7-10-31-20/h7,10-11,14,19,25H,4-6,8-9,12-13H2,1-3H3/t19-/m1/s1. The maximum Gasteiger partial charge on any atom is 0.276 e. The predicted octanol–water partition coefficient (Wildman–Crippen LogP) is 3.27. The number of nitrogens with one attached hydrogen (secondary N) is 1. The number of fused-ring (bicyclic) bond motifs is 2. The third-order valence-electron chi connectivity index (χ3n) is 6.63. The summed E-state index contributed by atoms with van der Waals surface area (Å²) in [6.45, 7) is 8.99. The van der Waals surface area contributed by atoms with Gasteiger partial charge >= 0.3 is 0 Å². The molecule has 0 aromatic carbocycles. The largest absolute Gasteiger partial charge is 0.336 e. The Kier molecular flexibility index (Phi) is 5.22. The van der Waals surface area contributed by atoms with Crippen LogP contribution in [0.15, 0.2) is 22.3 Å². The maximum atomic E-state index is 13.2. The summed E-state index contributed by atoms with van der Waals surface area (Å²) in [5.74, 6) is 0.0680. The minimum atomic E-state index is -0.0504. The molecule has 3 aromatic rings. The number of carbonyl (C=O) groups excluding carboxylic acids is 1. The molecule has 164 valence electrons. The van der Waals surface area contributed by atoms with Gasteiger partial charge in [-0.05, 0) is 49.7 Å². The van der Waals surface area contributed by atoms with Crippen molar-refractivity contribution in [2.45, 2.75) is 59.2 Å². The molecule has 2 aliphatic heterocycles. The van der Waals surface area contributed by atoms with Crippen LogP contribution in [0.25, 0.3) is 5.65 Å². The number of hydrogen-bond acceptors (Lipinski definition) is 5. The molecule has 1 amide bonds. The van der Waals surface area contributed by atoms with E-state index >= 15 is 0 Å². The Morgan fingerprint density at radius 1 is 1.35 bits per heavy atom. The van der Waals surface area contributed by atoms with Crippen molar-refractivity contribution in [3.8, 4) is 0 Å². The van der Waals surface area contributed by atoms with Crippen LogP contribution in [-0.4, -0.2) is 43.4 Å². The molecule has 1 saturated heterocycles. The minimum absolute atomic E-state index is 0.0263. The Balaban J connectivity index is 1.45. The number of aryl methyl sites for hydroxylation is 1. The van der Waals surface area contributed by atoms with Crippen molar-refractivity contribution in [3.63, 3.8) is 0 Å². The van der Waals surface area contributed by atoms with Crippen LogP contribution in [0, 0.1) is 12.8 Å². The van der Waals surface area contributed by atoms with Crippen molar-refractivity contribution in [3.05, 3.63) is 55.3 Å². The summed E-state index contributed by atoms with van der Waals surface area (Å²) < 4.78 is 1.60. The van der Waals surface area contributed by atoms with Gasteiger partial charge in [0, 0.05) is 35.5 Å². The fraction of sp³-hybridized carbons (Fsp3) is 0.522. The van der Waals surface area contributed by atoms with Crippen molar-refractivity contribution >= 4 is 22.9 Å². The minimum Gasteiger partial charge on any atom is -0.336 e. The van der Waals surface area contributed by atoms with E-state index in [1.165, 1.54) is 10.4 Å². The smallest absolute Gasteiger partial charge is 0.276 e. The van der Waals surface area contributed by atoms with Gasteiger partial charge in [0.05, 0.1) is 24.0 Å². The fourth-order valence-electron chi connectivity index (χ4n) is 4.85. The third kappa shape index (κ3) is 3.61. The van der Waals surface area contributed by atoms with Crippen LogP contribution in [-0.2, 0) is 24.3 Å². The summed E-state index contributed by atoms with van der Waals surface area (Å²) in [4.78, 5) is 36.1. The SMILES string of the molecule is Cc1ccsc1CN1CCC[C@@H]1c1cc2nc3c(c(=O)n2[nH]1)CCN(C(=O)C(C)C)C3. The number of amides is 1. The predicted molar refractivity (Wildman–Crippen MR) is 121 cm³/mol. The van der Waals surface area contributed by atoms with Gasteiger partial charge in [0.15, 0.2) is 5.65 Å². The zero-order valence-electron chi connectivity index (χ0n) is 18.4. The van der Waals surface area contributed by atoms with E-state index in [4.69, 9.17) is 4.98 Å². The van der Waals surface area contributed by atoms with Crippen LogP contribution in [0.4, 0.5) is 0 Å². The summed E-state index contributed by atoms with van der Waals surface area (Å²) in [5, 5.41) is 5.51. The highest BCUT2D eigenvalue weighted by Gasteiger charge is 2.30. The zero-order valence-corrected chi connectivity index (χ0v) is 19.2. The van der Waals surface area contributed by atoms with Crippen LogP contribution in [0.1, 0.15) is 60.1 Å². The Labute approximate surface area is 185 Å². The third-order valence-corrected chi connectivity index (χ3v) is 7.64. The van der Waals surface area contributed by atoms with Gasteiger partial charge in [-0.2, -0.15) is 0 Å². The van der Waals surface area contributed by atoms with Gasteiger partial charge in [-0.1, -0.05) is 13.8 Å². The highest BCUT2D eigenvalue weighted by Crippen LogP contribution is 2.34. The van der Waals surface area contributed by atoms with E-state index in [0.717, 1.165) is 42.9 Å². The van der Waals surface area contributed by atoms with Crippen molar-refractivity contribution in [1.82, 2.24) is 24.4 Å². The topological polar surface area (TPSA) is 73.7 Å². The summed E-state index contributed by atoms with van der Waals surface area (Å²) in [6.07, 6.45) is 2.78. The average Bonchev–Trinajstić information content (AvgIpc) is 3.48. The Morgan fingerprint density at radius 2 is 2.19 bits per heavy atom. The molecule has 0 aliphatic carbocycles. The van der Waals surface area contributed by atoms with Gasteiger partial charge in [0.1, 0.15) is 0 Å². The Hall–Kier alpha value is -2.45. The molecule has 2 aliphatic rings. The number of nitrogens with zero attached hydrogens (tertiary/aromatic N) is 4. The Morgan fingerprint density at radius 3 is 2.94 bits per heavy atom. The number of rotatable bonds is 4. The maximum absolute atomic E-state index is 13.2. The molecular formula is C23H29N5O2S. The summed E-state index contributed by atoms with van der Waals surface area (Å²) in [7, 11) is 0. The summed E-state index contributed by atoms with van der Waals surface area (Å²) in [6, 6.07) is 4.46. The number of hydrogen-bond donors (Lipinski definition) is 1. The monoisotopic (exact) mass is 439 g/mol. The summed E-state index contributed by atoms with van der Waals surface area (Å²) >= 11 is 1.81. The second-order valence-corrected chi connectivity index (χ2v) is 10.1. The average molecular weight is 440 g/mol. The van der Waals surface area contributed by atoms with Gasteiger partial charge in [0.25, 0.3) is 5.56 Å². The first-order valence-electron chi connectivity index (χ1n) is 11.1. The first kappa shape index (κ1) is 20.5. The van der Waals surface area contributed by atoms with Gasteiger partial charge in [-0.3, -0.25) is 19.6 Å². The molecule has 3 aromatic heterocycles. The molecule has 0 unspecified atom stereocenters. The van der Waals surface area contributed by atoms with E-state index in [2.05, 4.69) is 28.4 Å². The van der Waals surface area contributed by atoms with Gasteiger partial charge < -0.3 is 4.90 Å². The van der Waals surface area contributed by atoms with Crippen molar-refractivity contribution in [2.24, 2.45) is 5.92 Å². The van der Waals surface area contributed by atoms with Crippen molar-refractivity contribution in [2.75, 3.05) is 13.1 Å². The first-order valence-corrected chi connectivity index (χ1v) is 12.0. The molecule has 5 rings (SSSR count). The molecule has 5 heterocycles. The number of likely N-dealkylation sites (tertiary alicyclic amines) is 1. The lowest BCUT2D eigenvalue weighted by Crippen LogP contribution is -2.41. The number of aromatic amines is 1. The van der Waals surface area contributed by atoms with Gasteiger partial charge in [-0.15, -0.1) is 11.3 Å². The molecule has 1 fully saturated rings. The van der Waals surface area contributed by atoms with Crippen LogP contribution in [0.5, 0.6) is 0 Å². The van der Waals surface area contributed by atoms with Crippen LogP contribution >= 0.6 is 11.3 Å². The fourth-order valence-corrected chi connectivity index (χ4v) is 5.78. The Bertz CT molecular complexity index is 1190. The number of thiophene rings is 1. The molecule has 8 heteroatoms. The van der Waals surface area contributed by atoms with Crippen LogP contribution in [0.3, 0.4) is 0 Å². The van der Waals surface area contributed by atoms with E-state index in [9.17, 15) is 9.59 Å². The highest BCUT2D eigenvalue weighted by molar-refractivity contribution is 7.10. The molecule has 0 radical (unpaired) electrons. The molecule has 31 heavy (non-hydrogen) atoms. The second-order valence-electron chi connectivity index (χ2n) is 9.07. The van der Waals surface area contributed by atoms with Crippen LogP contribution in [0.2, 0.25) is 0 Å². The second kappa shape index (κ2) is 7.91. The van der Waals surface area contributed by atoms with E-state index in [-0.39, 0.29) is 23.4 Å². The van der Waals surface area contributed by atoms with Gasteiger partial charge in [-0.25, -0.2) is 9.50 Å². The quantitative estimate of drug-likeness (QED) is 0.677. The lowest BCUT2D eigenvalue weighted by atomic mass is 10.0. The molecular weight excluding hydrogens is 410 g/mol. The van der Waals surface area contributed by atoms with Crippen molar-refractivity contribution < 1.29 is 4.79 Å². The number of carbonyl (C=O) groups is 1. The molecule has 0 spiro atoms. The number of H-pyrrole nitrogens is 1. The highest BCUT2D eigenvalue weighted by atomic mass is 32.1. The first-order chi connectivity index (χ1) is 14.9. The summed E-state index contributed by atoms with van der Waals surface area (Å²) in [5.41, 5.74) is 4.50. The van der Waals surface area contributed by atoms with Gasteiger partial charge in [0.2, 0.25) is 5.91 Å². The molecule has 0 saturated carbocycles. The molecule has 0 bridgehead atoms. The molecule has 1 atom stereocenters. The van der Waals surface area contributed by atoms with E-state index in [1.54, 1.807) is 4.52 Å². The van der Waals surface area contributed by atoms with E-state index in [0.29, 0.717) is 25.2 Å². The molecule has 1 N–H and O–H groups in total. The lowest BCUT2D eigenvalue weighted by Gasteiger charge is -2.29. The normalized spacial score (nSPS) is 19.5. The number of aromatic nitrogens is 3. The van der Waals surface area contributed by atoms with E-state index < -0.39 is 0 Å². The van der Waals surface area contributed by atoms with Crippen LogP contribution < -0.4 is 5.56 Å². The van der Waals surface area contributed by atoms with E-state index in [1.807, 2.05) is 36.2 Å². The zero-order chi connectivity index (χ0) is 21.7. The lowest BCUT2D eigenvalue weighted by molar-refractivity contribution is -0.135. The molecule has 7 nitrogen and oxygen atoms in total.